The highest BCUT2D eigenvalue weighted by atomic mass is 32.1. The molecule has 1 radical (unpaired) electrons. The van der Waals surface area contributed by atoms with E-state index in [4.69, 9.17) is 4.74 Å². The van der Waals surface area contributed by atoms with Crippen LogP contribution in [0.15, 0.2) is 5.38 Å². The van der Waals surface area contributed by atoms with Crippen molar-refractivity contribution in [3.63, 3.8) is 0 Å². The molecule has 43 valence electrons. The largest absolute Gasteiger partial charge is 0.477 e. The highest BCUT2D eigenvalue weighted by molar-refractivity contribution is 7.07. The Balaban J connectivity index is 2.50. The topological polar surface area (TPSA) is 22.1 Å². The standard InChI is InChI=1S/C5H6NOS/c1-2-7-5-3-8-4-6-5/h3H,2H2,1H3. The normalized spacial score (nSPS) is 9.12. The second kappa shape index (κ2) is 2.67. The number of rotatable bonds is 2. The number of hydrogen-bond donors (Lipinski definition) is 0. The number of thiazole rings is 1. The van der Waals surface area contributed by atoms with Crippen molar-refractivity contribution in [2.45, 2.75) is 6.92 Å². The molecule has 0 aromatic carbocycles. The first-order chi connectivity index (χ1) is 3.93. The van der Waals surface area contributed by atoms with Crippen LogP contribution in [0.4, 0.5) is 0 Å². The van der Waals surface area contributed by atoms with Crippen molar-refractivity contribution < 1.29 is 4.74 Å². The van der Waals surface area contributed by atoms with Gasteiger partial charge in [-0.3, -0.25) is 0 Å². The zero-order valence-electron chi connectivity index (χ0n) is 4.55. The third-order valence-electron chi connectivity index (χ3n) is 0.661. The Labute approximate surface area is 52.1 Å². The maximum atomic E-state index is 5.01. The highest BCUT2D eigenvalue weighted by Crippen LogP contribution is 2.07. The lowest BCUT2D eigenvalue weighted by molar-refractivity contribution is 0.329. The zero-order chi connectivity index (χ0) is 5.82. The molecule has 1 aromatic heterocycles. The van der Waals surface area contributed by atoms with Gasteiger partial charge in [-0.2, -0.15) is 4.98 Å². The van der Waals surface area contributed by atoms with Gasteiger partial charge in [0.25, 0.3) is 0 Å². The van der Waals surface area contributed by atoms with Crippen LogP contribution in [0.25, 0.3) is 0 Å². The van der Waals surface area contributed by atoms with Crippen molar-refractivity contribution in [1.82, 2.24) is 4.98 Å². The quantitative estimate of drug-likeness (QED) is 0.599. The third-order valence-corrected chi connectivity index (χ3v) is 1.18. The molecule has 1 rings (SSSR count). The molecular weight excluding hydrogens is 122 g/mol. The first-order valence-electron chi connectivity index (χ1n) is 2.38. The van der Waals surface area contributed by atoms with Crippen LogP contribution in [0, 0.1) is 5.51 Å². The van der Waals surface area contributed by atoms with E-state index in [0.29, 0.717) is 12.5 Å². The fraction of sp³-hybridized carbons (Fsp3) is 0.400. The minimum Gasteiger partial charge on any atom is -0.477 e. The maximum absolute atomic E-state index is 5.01. The van der Waals surface area contributed by atoms with Crippen LogP contribution in [0.2, 0.25) is 0 Å². The van der Waals surface area contributed by atoms with E-state index >= 15 is 0 Å². The van der Waals surface area contributed by atoms with Gasteiger partial charge in [0, 0.05) is 0 Å². The first kappa shape index (κ1) is 5.56. The summed E-state index contributed by atoms with van der Waals surface area (Å²) in [5.41, 5.74) is 2.68. The molecule has 0 bridgehead atoms. The summed E-state index contributed by atoms with van der Waals surface area (Å²) in [4.78, 5) is 3.78. The summed E-state index contributed by atoms with van der Waals surface area (Å²) in [6.45, 7) is 2.61. The fourth-order valence-electron chi connectivity index (χ4n) is 0.389. The lowest BCUT2D eigenvalue weighted by atomic mass is 10.8. The number of aromatic nitrogens is 1. The van der Waals surface area contributed by atoms with Crippen LogP contribution >= 0.6 is 11.3 Å². The van der Waals surface area contributed by atoms with Gasteiger partial charge in [-0.1, -0.05) is 0 Å². The van der Waals surface area contributed by atoms with Crippen molar-refractivity contribution >= 4 is 11.3 Å². The molecule has 0 saturated carbocycles. The second-order valence-corrected chi connectivity index (χ2v) is 1.86. The van der Waals surface area contributed by atoms with Crippen LogP contribution in [-0.2, 0) is 0 Å². The molecule has 0 spiro atoms. The van der Waals surface area contributed by atoms with Gasteiger partial charge in [0.1, 0.15) is 0 Å². The van der Waals surface area contributed by atoms with E-state index < -0.39 is 0 Å². The van der Waals surface area contributed by atoms with Crippen LogP contribution in [0.1, 0.15) is 6.92 Å². The van der Waals surface area contributed by atoms with E-state index in [2.05, 4.69) is 10.5 Å². The average Bonchev–Trinajstić information content (AvgIpc) is 2.19. The van der Waals surface area contributed by atoms with E-state index in [0.717, 1.165) is 0 Å². The summed E-state index contributed by atoms with van der Waals surface area (Å²) in [5.74, 6) is 0.678. The molecular formula is C5H6NOS. The Bertz CT molecular complexity index is 138. The maximum Gasteiger partial charge on any atom is 0.225 e. The van der Waals surface area contributed by atoms with Gasteiger partial charge in [0.05, 0.1) is 12.0 Å². The predicted octanol–water partition coefficient (Wildman–Crippen LogP) is 1.34. The Hall–Kier alpha value is -0.570. The highest BCUT2D eigenvalue weighted by Gasteiger charge is 1.89. The molecule has 0 atom stereocenters. The van der Waals surface area contributed by atoms with Crippen molar-refractivity contribution in [3.8, 4) is 5.88 Å². The molecule has 0 aliphatic carbocycles. The van der Waals surface area contributed by atoms with Gasteiger partial charge in [-0.25, -0.2) is 0 Å². The van der Waals surface area contributed by atoms with E-state index in [1.54, 1.807) is 0 Å². The van der Waals surface area contributed by atoms with Crippen LogP contribution < -0.4 is 4.74 Å². The first-order valence-corrected chi connectivity index (χ1v) is 3.26. The smallest absolute Gasteiger partial charge is 0.225 e. The summed E-state index contributed by atoms with van der Waals surface area (Å²) < 4.78 is 5.01. The van der Waals surface area contributed by atoms with Gasteiger partial charge >= 0.3 is 0 Å². The molecule has 1 heterocycles. The fourth-order valence-corrected chi connectivity index (χ4v) is 0.806. The molecule has 0 N–H and O–H groups in total. The van der Waals surface area contributed by atoms with Gasteiger partial charge < -0.3 is 4.74 Å². The zero-order valence-corrected chi connectivity index (χ0v) is 5.36. The Morgan fingerprint density at radius 2 is 2.88 bits per heavy atom. The van der Waals surface area contributed by atoms with Gasteiger partial charge in [0.15, 0.2) is 5.51 Å². The lowest BCUT2D eigenvalue weighted by Crippen LogP contribution is -1.89. The van der Waals surface area contributed by atoms with E-state index in [1.165, 1.54) is 11.3 Å². The molecule has 0 amide bonds. The monoisotopic (exact) mass is 128 g/mol. The minimum atomic E-state index is 0.678. The summed E-state index contributed by atoms with van der Waals surface area (Å²) in [6.07, 6.45) is 0. The molecule has 3 heteroatoms. The van der Waals surface area contributed by atoms with E-state index in [-0.39, 0.29) is 0 Å². The minimum absolute atomic E-state index is 0.678. The Morgan fingerprint density at radius 1 is 2.00 bits per heavy atom. The van der Waals surface area contributed by atoms with E-state index in [9.17, 15) is 0 Å². The Kier molecular flexibility index (Phi) is 1.86. The SMILES string of the molecule is CCOc1cs[c]n1. The van der Waals surface area contributed by atoms with Crippen LogP contribution in [-0.4, -0.2) is 11.6 Å². The molecule has 2 nitrogen and oxygen atoms in total. The van der Waals surface area contributed by atoms with Gasteiger partial charge in [-0.05, 0) is 6.92 Å². The van der Waals surface area contributed by atoms with Gasteiger partial charge in [0.2, 0.25) is 5.88 Å². The molecule has 0 unspecified atom stereocenters. The molecule has 0 fully saturated rings. The molecule has 1 aromatic rings. The third kappa shape index (κ3) is 1.20. The number of hydrogen-bond acceptors (Lipinski definition) is 3. The molecule has 0 aliphatic rings. The number of nitrogens with zero attached hydrogens (tertiary/aromatic N) is 1. The van der Waals surface area contributed by atoms with Crippen molar-refractivity contribution in [3.05, 3.63) is 10.9 Å². The predicted molar refractivity (Wildman–Crippen MR) is 32.1 cm³/mol. The van der Waals surface area contributed by atoms with Crippen molar-refractivity contribution in [1.29, 1.82) is 0 Å². The summed E-state index contributed by atoms with van der Waals surface area (Å²) in [7, 11) is 0. The van der Waals surface area contributed by atoms with E-state index in [1.807, 2.05) is 12.3 Å². The van der Waals surface area contributed by atoms with Crippen LogP contribution in [0.5, 0.6) is 5.88 Å². The van der Waals surface area contributed by atoms with Crippen molar-refractivity contribution in [2.75, 3.05) is 6.61 Å². The molecule has 0 saturated heterocycles. The van der Waals surface area contributed by atoms with Gasteiger partial charge in [-0.15, -0.1) is 11.3 Å². The lowest BCUT2D eigenvalue weighted by Gasteiger charge is -1.92. The summed E-state index contributed by atoms with van der Waals surface area (Å²) in [5, 5.41) is 1.82. The average molecular weight is 128 g/mol. The number of ether oxygens (including phenoxy) is 1. The Morgan fingerprint density at radius 3 is 3.38 bits per heavy atom. The summed E-state index contributed by atoms with van der Waals surface area (Å²) in [6, 6.07) is 0. The summed E-state index contributed by atoms with van der Waals surface area (Å²) >= 11 is 1.42. The molecule has 0 aliphatic heterocycles. The second-order valence-electron chi connectivity index (χ2n) is 1.21. The van der Waals surface area contributed by atoms with Crippen LogP contribution in [0.3, 0.4) is 0 Å². The molecule has 8 heavy (non-hydrogen) atoms. The van der Waals surface area contributed by atoms with Crippen molar-refractivity contribution in [2.24, 2.45) is 0 Å².